The van der Waals surface area contributed by atoms with E-state index in [9.17, 15) is 4.79 Å². The predicted molar refractivity (Wildman–Crippen MR) is 98.3 cm³/mol. The molecule has 0 radical (unpaired) electrons. The molecular weight excluding hydrogens is 362 g/mol. The number of nitrogens with zero attached hydrogens (tertiary/aromatic N) is 2. The van der Waals surface area contributed by atoms with Crippen LogP contribution in [0.2, 0.25) is 0 Å². The molecule has 1 aliphatic heterocycles. The lowest BCUT2D eigenvalue weighted by Crippen LogP contribution is -2.28. The molecule has 8 nitrogen and oxygen atoms in total. The quantitative estimate of drug-likeness (QED) is 0.700. The molecule has 8 heteroatoms. The van der Waals surface area contributed by atoms with Gasteiger partial charge in [0.25, 0.3) is 5.91 Å². The Hall–Kier alpha value is -3.55. The summed E-state index contributed by atoms with van der Waals surface area (Å²) in [6, 6.07) is 8.83. The van der Waals surface area contributed by atoms with Gasteiger partial charge in [-0.25, -0.2) is 4.98 Å². The monoisotopic (exact) mass is 381 g/mol. The number of aromatic nitrogens is 2. The standard InChI is InChI=1S/C20H19N3O5/c1-12-4-3-7-21-19(12)13(2)22-20(24)15-9-26-18(23-15)10-25-14-5-6-16-17(8-14)28-11-27-16/h3-9,13H,10-11H2,1-2H3,(H,22,24). The Morgan fingerprint density at radius 3 is 3.00 bits per heavy atom. The summed E-state index contributed by atoms with van der Waals surface area (Å²) in [7, 11) is 0. The summed E-state index contributed by atoms with van der Waals surface area (Å²) < 4.78 is 21.6. The molecule has 2 aromatic heterocycles. The van der Waals surface area contributed by atoms with Gasteiger partial charge in [0.05, 0.1) is 11.7 Å². The van der Waals surface area contributed by atoms with Gasteiger partial charge in [-0.1, -0.05) is 6.07 Å². The van der Waals surface area contributed by atoms with E-state index in [1.54, 1.807) is 24.4 Å². The molecule has 1 aliphatic rings. The van der Waals surface area contributed by atoms with Crippen LogP contribution in [-0.4, -0.2) is 22.7 Å². The summed E-state index contributed by atoms with van der Waals surface area (Å²) in [5.74, 6) is 1.86. The Balaban J connectivity index is 1.36. The van der Waals surface area contributed by atoms with Crippen molar-refractivity contribution in [1.82, 2.24) is 15.3 Å². The number of nitrogens with one attached hydrogen (secondary N) is 1. The van der Waals surface area contributed by atoms with Crippen molar-refractivity contribution in [2.24, 2.45) is 0 Å². The van der Waals surface area contributed by atoms with Crippen LogP contribution >= 0.6 is 0 Å². The Kier molecular flexibility index (Phi) is 4.84. The molecule has 0 aliphatic carbocycles. The molecule has 3 aromatic rings. The van der Waals surface area contributed by atoms with Gasteiger partial charge in [0.2, 0.25) is 12.7 Å². The molecule has 0 saturated heterocycles. The fourth-order valence-electron chi connectivity index (χ4n) is 2.88. The number of oxazole rings is 1. The van der Waals surface area contributed by atoms with E-state index in [1.165, 1.54) is 6.26 Å². The normalized spacial score (nSPS) is 13.2. The third-order valence-electron chi connectivity index (χ3n) is 4.30. The number of benzene rings is 1. The van der Waals surface area contributed by atoms with Gasteiger partial charge in [0.1, 0.15) is 12.0 Å². The molecule has 1 unspecified atom stereocenters. The van der Waals surface area contributed by atoms with Crippen molar-refractivity contribution in [3.8, 4) is 17.2 Å². The van der Waals surface area contributed by atoms with Gasteiger partial charge in [-0.2, -0.15) is 0 Å². The molecule has 3 heterocycles. The minimum atomic E-state index is -0.337. The van der Waals surface area contributed by atoms with Gasteiger partial charge < -0.3 is 23.9 Å². The summed E-state index contributed by atoms with van der Waals surface area (Å²) in [5.41, 5.74) is 2.00. The maximum atomic E-state index is 12.4. The summed E-state index contributed by atoms with van der Waals surface area (Å²) in [6.07, 6.45) is 3.01. The van der Waals surface area contributed by atoms with Crippen LogP contribution in [0.25, 0.3) is 0 Å². The fourth-order valence-corrected chi connectivity index (χ4v) is 2.88. The second-order valence-electron chi connectivity index (χ2n) is 6.33. The summed E-state index contributed by atoms with van der Waals surface area (Å²) in [5, 5.41) is 2.87. The van der Waals surface area contributed by atoms with Crippen LogP contribution in [0.15, 0.2) is 47.2 Å². The lowest BCUT2D eigenvalue weighted by Gasteiger charge is -2.14. The highest BCUT2D eigenvalue weighted by Crippen LogP contribution is 2.35. The first-order valence-corrected chi connectivity index (χ1v) is 8.79. The van der Waals surface area contributed by atoms with Gasteiger partial charge in [-0.3, -0.25) is 9.78 Å². The Morgan fingerprint density at radius 1 is 1.29 bits per heavy atom. The zero-order valence-corrected chi connectivity index (χ0v) is 15.5. The SMILES string of the molecule is Cc1cccnc1C(C)NC(=O)c1coc(COc2ccc3c(c2)OCO3)n1. The molecule has 1 amide bonds. The second kappa shape index (κ2) is 7.59. The van der Waals surface area contributed by atoms with E-state index in [2.05, 4.69) is 15.3 Å². The zero-order valence-electron chi connectivity index (χ0n) is 15.5. The van der Waals surface area contributed by atoms with Crippen molar-refractivity contribution in [2.45, 2.75) is 26.5 Å². The minimum absolute atomic E-state index is 0.0851. The first-order chi connectivity index (χ1) is 13.6. The smallest absolute Gasteiger partial charge is 0.273 e. The molecule has 1 N–H and O–H groups in total. The number of carbonyl (C=O) groups is 1. The molecule has 0 spiro atoms. The van der Waals surface area contributed by atoms with Gasteiger partial charge in [0.15, 0.2) is 23.8 Å². The highest BCUT2D eigenvalue weighted by atomic mass is 16.7. The Labute approximate surface area is 161 Å². The molecule has 28 heavy (non-hydrogen) atoms. The first-order valence-electron chi connectivity index (χ1n) is 8.79. The summed E-state index contributed by atoms with van der Waals surface area (Å²) >= 11 is 0. The molecule has 0 saturated carbocycles. The molecular formula is C20H19N3O5. The molecule has 0 bridgehead atoms. The number of amides is 1. The minimum Gasteiger partial charge on any atom is -0.484 e. The maximum absolute atomic E-state index is 12.4. The van der Waals surface area contributed by atoms with Crippen LogP contribution in [0.4, 0.5) is 0 Å². The average Bonchev–Trinajstić information content (AvgIpc) is 3.35. The van der Waals surface area contributed by atoms with Gasteiger partial charge in [-0.15, -0.1) is 0 Å². The topological polar surface area (TPSA) is 95.7 Å². The summed E-state index contributed by atoms with van der Waals surface area (Å²) in [4.78, 5) is 20.9. The van der Waals surface area contributed by atoms with E-state index < -0.39 is 0 Å². The van der Waals surface area contributed by atoms with Gasteiger partial charge >= 0.3 is 0 Å². The van der Waals surface area contributed by atoms with E-state index in [0.717, 1.165) is 11.3 Å². The van der Waals surface area contributed by atoms with Crippen LogP contribution < -0.4 is 19.5 Å². The average molecular weight is 381 g/mol. The van der Waals surface area contributed by atoms with Crippen LogP contribution in [0.5, 0.6) is 17.2 Å². The van der Waals surface area contributed by atoms with Crippen molar-refractivity contribution in [3.05, 3.63) is 65.6 Å². The largest absolute Gasteiger partial charge is 0.484 e. The third kappa shape index (κ3) is 3.75. The van der Waals surface area contributed by atoms with E-state index in [1.807, 2.05) is 26.0 Å². The van der Waals surface area contributed by atoms with E-state index >= 15 is 0 Å². The van der Waals surface area contributed by atoms with E-state index in [4.69, 9.17) is 18.6 Å². The lowest BCUT2D eigenvalue weighted by molar-refractivity contribution is 0.0934. The highest BCUT2D eigenvalue weighted by molar-refractivity contribution is 5.92. The highest BCUT2D eigenvalue weighted by Gasteiger charge is 2.18. The molecule has 0 fully saturated rings. The van der Waals surface area contributed by atoms with Crippen molar-refractivity contribution in [1.29, 1.82) is 0 Å². The number of pyridine rings is 1. The van der Waals surface area contributed by atoms with Crippen LogP contribution in [-0.2, 0) is 6.61 Å². The Bertz CT molecular complexity index is 1000. The fraction of sp³-hybridized carbons (Fsp3) is 0.250. The number of fused-ring (bicyclic) bond motifs is 1. The number of ether oxygens (including phenoxy) is 3. The number of carbonyl (C=O) groups excluding carboxylic acids is 1. The van der Waals surface area contributed by atoms with Crippen molar-refractivity contribution in [2.75, 3.05) is 6.79 Å². The third-order valence-corrected chi connectivity index (χ3v) is 4.30. The number of aryl methyl sites for hydroxylation is 1. The van der Waals surface area contributed by atoms with Crippen LogP contribution in [0, 0.1) is 6.92 Å². The molecule has 1 atom stereocenters. The van der Waals surface area contributed by atoms with Crippen LogP contribution in [0.1, 0.15) is 40.6 Å². The number of hydrogen-bond donors (Lipinski definition) is 1. The zero-order chi connectivity index (χ0) is 19.5. The molecule has 1 aromatic carbocycles. The molecule has 144 valence electrons. The number of rotatable bonds is 6. The Morgan fingerprint density at radius 2 is 2.14 bits per heavy atom. The van der Waals surface area contributed by atoms with Crippen molar-refractivity contribution in [3.63, 3.8) is 0 Å². The molecule has 4 rings (SSSR count). The second-order valence-corrected chi connectivity index (χ2v) is 6.33. The predicted octanol–water partition coefficient (Wildman–Crippen LogP) is 3.18. The number of hydrogen-bond acceptors (Lipinski definition) is 7. The maximum Gasteiger partial charge on any atom is 0.273 e. The van der Waals surface area contributed by atoms with E-state index in [-0.39, 0.29) is 31.0 Å². The van der Waals surface area contributed by atoms with Gasteiger partial charge in [-0.05, 0) is 37.6 Å². The van der Waals surface area contributed by atoms with E-state index in [0.29, 0.717) is 23.1 Å². The lowest BCUT2D eigenvalue weighted by atomic mass is 10.1. The van der Waals surface area contributed by atoms with Crippen molar-refractivity contribution >= 4 is 5.91 Å². The van der Waals surface area contributed by atoms with Crippen LogP contribution in [0.3, 0.4) is 0 Å². The summed E-state index contributed by atoms with van der Waals surface area (Å²) in [6.45, 7) is 4.11. The van der Waals surface area contributed by atoms with Crippen molar-refractivity contribution < 1.29 is 23.4 Å². The first kappa shape index (κ1) is 17.8. The van der Waals surface area contributed by atoms with Gasteiger partial charge in [0, 0.05) is 12.3 Å².